The molecular weight excluding hydrogens is 403 g/mol. The van der Waals surface area contributed by atoms with Crippen LogP contribution in [0.25, 0.3) is 0 Å². The van der Waals surface area contributed by atoms with E-state index in [2.05, 4.69) is 15.6 Å². The Morgan fingerprint density at radius 2 is 1.87 bits per heavy atom. The van der Waals surface area contributed by atoms with Crippen LogP contribution in [0.4, 0.5) is 4.39 Å². The van der Waals surface area contributed by atoms with Crippen LogP contribution in [0.1, 0.15) is 40.0 Å². The Balaban J connectivity index is 1.62. The Morgan fingerprint density at radius 3 is 2.68 bits per heavy atom. The van der Waals surface area contributed by atoms with E-state index in [-0.39, 0.29) is 61.3 Å². The highest BCUT2D eigenvalue weighted by molar-refractivity contribution is 5.97. The van der Waals surface area contributed by atoms with Crippen molar-refractivity contribution in [3.63, 3.8) is 0 Å². The molecule has 0 unspecified atom stereocenters. The molecule has 9 heteroatoms. The molecule has 2 bridgehead atoms. The van der Waals surface area contributed by atoms with Crippen molar-refractivity contribution >= 4 is 17.7 Å². The standard InChI is InChI=1S/C22H23FN4O4/c23-15-1-4-19-18(11-15)21(29)26-13-17-3-2-16(12-20(28)25-9-10-31-19)27(17)22(30)14-5-7-24-8-6-14/h1,4-8,11,16-17H,2-3,9-10,12-13H2,(H,25,28)(H,26,29)/t16-,17+/m0/s1. The molecule has 0 aliphatic carbocycles. The Hall–Kier alpha value is -3.49. The number of amides is 3. The van der Waals surface area contributed by atoms with E-state index < -0.39 is 11.7 Å². The van der Waals surface area contributed by atoms with Crippen LogP contribution in [-0.4, -0.2) is 59.4 Å². The highest BCUT2D eigenvalue weighted by atomic mass is 19.1. The molecule has 4 rings (SSSR count). The third-order valence-electron chi connectivity index (χ3n) is 5.57. The first-order valence-electron chi connectivity index (χ1n) is 10.2. The molecule has 8 nitrogen and oxygen atoms in total. The average Bonchev–Trinajstić information content (AvgIpc) is 3.17. The van der Waals surface area contributed by atoms with Crippen molar-refractivity contribution in [1.29, 1.82) is 0 Å². The fraction of sp³-hybridized carbons (Fsp3) is 0.364. The summed E-state index contributed by atoms with van der Waals surface area (Å²) in [5, 5.41) is 5.59. The van der Waals surface area contributed by atoms with Crippen LogP contribution in [-0.2, 0) is 4.79 Å². The van der Waals surface area contributed by atoms with E-state index in [0.717, 1.165) is 6.07 Å². The molecule has 2 aromatic rings. The number of ether oxygens (including phenoxy) is 1. The largest absolute Gasteiger partial charge is 0.491 e. The molecule has 0 spiro atoms. The van der Waals surface area contributed by atoms with Crippen molar-refractivity contribution < 1.29 is 23.5 Å². The van der Waals surface area contributed by atoms with Gasteiger partial charge in [0.15, 0.2) is 0 Å². The van der Waals surface area contributed by atoms with Crippen LogP contribution in [0.3, 0.4) is 0 Å². The van der Waals surface area contributed by atoms with E-state index in [4.69, 9.17) is 4.74 Å². The lowest BCUT2D eigenvalue weighted by Crippen LogP contribution is -2.48. The summed E-state index contributed by atoms with van der Waals surface area (Å²) in [5.41, 5.74) is 0.547. The lowest BCUT2D eigenvalue weighted by molar-refractivity contribution is -0.122. The monoisotopic (exact) mass is 426 g/mol. The van der Waals surface area contributed by atoms with Gasteiger partial charge in [0.1, 0.15) is 18.2 Å². The van der Waals surface area contributed by atoms with Gasteiger partial charge in [-0.3, -0.25) is 19.4 Å². The van der Waals surface area contributed by atoms with Gasteiger partial charge in [-0.05, 0) is 43.2 Å². The predicted octanol–water partition coefficient (Wildman–Crippen LogP) is 1.52. The zero-order valence-corrected chi connectivity index (χ0v) is 16.8. The van der Waals surface area contributed by atoms with Gasteiger partial charge in [0.05, 0.1) is 12.1 Å². The zero-order chi connectivity index (χ0) is 21.8. The summed E-state index contributed by atoms with van der Waals surface area (Å²) in [6.45, 7) is 0.542. The van der Waals surface area contributed by atoms with Gasteiger partial charge in [-0.1, -0.05) is 0 Å². The van der Waals surface area contributed by atoms with Gasteiger partial charge in [-0.2, -0.15) is 0 Å². The van der Waals surface area contributed by atoms with Crippen LogP contribution in [0.2, 0.25) is 0 Å². The Morgan fingerprint density at radius 1 is 1.10 bits per heavy atom. The summed E-state index contributed by atoms with van der Waals surface area (Å²) in [4.78, 5) is 44.1. The summed E-state index contributed by atoms with van der Waals surface area (Å²) in [5.74, 6) is -1.18. The smallest absolute Gasteiger partial charge is 0.255 e. The number of carbonyl (C=O) groups is 3. The van der Waals surface area contributed by atoms with Crippen molar-refractivity contribution in [1.82, 2.24) is 20.5 Å². The molecule has 2 aliphatic rings. The van der Waals surface area contributed by atoms with Crippen LogP contribution in [0.15, 0.2) is 42.7 Å². The van der Waals surface area contributed by atoms with Gasteiger partial charge >= 0.3 is 0 Å². The third-order valence-corrected chi connectivity index (χ3v) is 5.57. The molecule has 2 aliphatic heterocycles. The molecule has 0 radical (unpaired) electrons. The minimum atomic E-state index is -0.553. The minimum Gasteiger partial charge on any atom is -0.491 e. The Kier molecular flexibility index (Phi) is 6.11. The molecule has 1 aromatic carbocycles. The van der Waals surface area contributed by atoms with Gasteiger partial charge < -0.3 is 20.3 Å². The number of hydrogen-bond donors (Lipinski definition) is 2. The quantitative estimate of drug-likeness (QED) is 0.720. The van der Waals surface area contributed by atoms with Crippen molar-refractivity contribution in [2.75, 3.05) is 19.7 Å². The molecule has 3 amide bonds. The third kappa shape index (κ3) is 4.65. The summed E-state index contributed by atoms with van der Waals surface area (Å²) < 4.78 is 19.3. The fourth-order valence-corrected chi connectivity index (χ4v) is 4.09. The molecular formula is C22H23FN4O4. The van der Waals surface area contributed by atoms with E-state index >= 15 is 0 Å². The van der Waals surface area contributed by atoms with Crippen LogP contribution < -0.4 is 15.4 Å². The second-order valence-electron chi connectivity index (χ2n) is 7.59. The van der Waals surface area contributed by atoms with Crippen molar-refractivity contribution in [2.24, 2.45) is 0 Å². The van der Waals surface area contributed by atoms with Crippen molar-refractivity contribution in [2.45, 2.75) is 31.3 Å². The first-order chi connectivity index (χ1) is 15.0. The summed E-state index contributed by atoms with van der Waals surface area (Å²) >= 11 is 0. The Labute approximate surface area is 178 Å². The number of rotatable bonds is 1. The molecule has 31 heavy (non-hydrogen) atoms. The molecule has 2 atom stereocenters. The minimum absolute atomic E-state index is 0.0740. The number of fused-ring (bicyclic) bond motifs is 3. The average molecular weight is 426 g/mol. The maximum Gasteiger partial charge on any atom is 0.255 e. The second kappa shape index (κ2) is 9.11. The van der Waals surface area contributed by atoms with Crippen LogP contribution in [0.5, 0.6) is 5.75 Å². The zero-order valence-electron chi connectivity index (χ0n) is 16.8. The maximum atomic E-state index is 13.8. The topological polar surface area (TPSA) is 101 Å². The van der Waals surface area contributed by atoms with E-state index in [1.807, 2.05) is 0 Å². The number of hydrogen-bond acceptors (Lipinski definition) is 5. The normalized spacial score (nSPS) is 21.9. The first-order valence-corrected chi connectivity index (χ1v) is 10.2. The molecule has 1 aromatic heterocycles. The van der Waals surface area contributed by atoms with Gasteiger partial charge in [-0.25, -0.2) is 4.39 Å². The van der Waals surface area contributed by atoms with E-state index in [1.54, 1.807) is 29.4 Å². The highest BCUT2D eigenvalue weighted by Crippen LogP contribution is 2.29. The van der Waals surface area contributed by atoms with Crippen molar-refractivity contribution in [3.8, 4) is 5.75 Å². The number of pyridine rings is 1. The Bertz CT molecular complexity index is 985. The number of carbonyl (C=O) groups excluding carboxylic acids is 3. The van der Waals surface area contributed by atoms with Crippen LogP contribution in [0, 0.1) is 5.82 Å². The lowest BCUT2D eigenvalue weighted by atomic mass is 10.1. The second-order valence-corrected chi connectivity index (χ2v) is 7.59. The number of nitrogens with zero attached hydrogens (tertiary/aromatic N) is 2. The summed E-state index contributed by atoms with van der Waals surface area (Å²) in [6.07, 6.45) is 4.54. The number of benzene rings is 1. The van der Waals surface area contributed by atoms with Gasteiger partial charge in [0.2, 0.25) is 5.91 Å². The highest BCUT2D eigenvalue weighted by Gasteiger charge is 2.38. The summed E-state index contributed by atoms with van der Waals surface area (Å²) in [7, 11) is 0. The van der Waals surface area contributed by atoms with Crippen molar-refractivity contribution in [3.05, 3.63) is 59.7 Å². The van der Waals surface area contributed by atoms with E-state index in [9.17, 15) is 18.8 Å². The van der Waals surface area contributed by atoms with E-state index in [0.29, 0.717) is 18.4 Å². The first kappa shape index (κ1) is 20.8. The maximum absolute atomic E-state index is 13.8. The molecule has 3 heterocycles. The SMILES string of the molecule is O=C1C[C@@H]2CC[C@H](CNC(=O)c3cc(F)ccc3OCCN1)N2C(=O)c1ccncc1. The fourth-order valence-electron chi connectivity index (χ4n) is 4.09. The molecule has 0 saturated carbocycles. The van der Waals surface area contributed by atoms with Crippen LogP contribution >= 0.6 is 0 Å². The van der Waals surface area contributed by atoms with E-state index in [1.165, 1.54) is 12.1 Å². The summed E-state index contributed by atoms with van der Waals surface area (Å²) in [6, 6.07) is 6.41. The number of aromatic nitrogens is 1. The molecule has 1 saturated heterocycles. The lowest BCUT2D eigenvalue weighted by Gasteiger charge is -2.31. The van der Waals surface area contributed by atoms with Gasteiger partial charge in [-0.15, -0.1) is 0 Å². The molecule has 162 valence electrons. The number of nitrogens with one attached hydrogen (secondary N) is 2. The predicted molar refractivity (Wildman–Crippen MR) is 109 cm³/mol. The molecule has 1 fully saturated rings. The number of halogens is 1. The molecule has 2 N–H and O–H groups in total. The van der Waals surface area contributed by atoms with Gasteiger partial charge in [0.25, 0.3) is 11.8 Å². The van der Waals surface area contributed by atoms with Gasteiger partial charge in [0, 0.05) is 43.0 Å².